The van der Waals surface area contributed by atoms with Crippen LogP contribution in [0.3, 0.4) is 0 Å². The van der Waals surface area contributed by atoms with E-state index in [9.17, 15) is 9.59 Å². The molecule has 1 heterocycles. The van der Waals surface area contributed by atoms with Gasteiger partial charge >= 0.3 is 0 Å². The van der Waals surface area contributed by atoms with Crippen molar-refractivity contribution in [1.29, 1.82) is 0 Å². The third kappa shape index (κ3) is 4.71. The van der Waals surface area contributed by atoms with Crippen LogP contribution in [0.4, 0.5) is 0 Å². The van der Waals surface area contributed by atoms with E-state index in [2.05, 4.69) is 15.6 Å². The highest BCUT2D eigenvalue weighted by Gasteiger charge is 2.10. The first-order valence-electron chi connectivity index (χ1n) is 5.67. The molecule has 2 amide bonds. The molecule has 0 spiro atoms. The van der Waals surface area contributed by atoms with Crippen LogP contribution in [0.15, 0.2) is 18.5 Å². The van der Waals surface area contributed by atoms with Crippen LogP contribution in [0.2, 0.25) is 5.02 Å². The number of hydrogen-bond acceptors (Lipinski definition) is 3. The number of aromatic nitrogens is 1. The predicted molar refractivity (Wildman–Crippen MR) is 69.5 cm³/mol. The number of halogens is 1. The van der Waals surface area contributed by atoms with E-state index >= 15 is 0 Å². The van der Waals surface area contributed by atoms with Crippen molar-refractivity contribution in [2.75, 3.05) is 6.54 Å². The largest absolute Gasteiger partial charge is 0.354 e. The van der Waals surface area contributed by atoms with Crippen LogP contribution in [0, 0.1) is 0 Å². The third-order valence-electron chi connectivity index (χ3n) is 2.10. The zero-order valence-corrected chi connectivity index (χ0v) is 11.1. The van der Waals surface area contributed by atoms with E-state index in [4.69, 9.17) is 11.6 Å². The van der Waals surface area contributed by atoms with Crippen LogP contribution in [0.1, 0.15) is 30.6 Å². The van der Waals surface area contributed by atoms with Gasteiger partial charge in [-0.25, -0.2) is 0 Å². The zero-order chi connectivity index (χ0) is 13.5. The Morgan fingerprint density at radius 1 is 1.44 bits per heavy atom. The highest BCUT2D eigenvalue weighted by Crippen LogP contribution is 2.12. The molecule has 0 radical (unpaired) electrons. The Morgan fingerprint density at radius 3 is 2.78 bits per heavy atom. The van der Waals surface area contributed by atoms with Gasteiger partial charge in [0.05, 0.1) is 10.6 Å². The highest BCUT2D eigenvalue weighted by atomic mass is 35.5. The summed E-state index contributed by atoms with van der Waals surface area (Å²) < 4.78 is 0. The fourth-order valence-electron chi connectivity index (χ4n) is 1.34. The van der Waals surface area contributed by atoms with Crippen LogP contribution in [0.25, 0.3) is 0 Å². The van der Waals surface area contributed by atoms with Gasteiger partial charge in [-0.1, -0.05) is 11.6 Å². The van der Waals surface area contributed by atoms with Gasteiger partial charge in [-0.15, -0.1) is 0 Å². The summed E-state index contributed by atoms with van der Waals surface area (Å²) in [4.78, 5) is 26.8. The molecule has 5 nitrogen and oxygen atoms in total. The Labute approximate surface area is 111 Å². The summed E-state index contributed by atoms with van der Waals surface area (Å²) >= 11 is 5.83. The number of nitrogens with zero attached hydrogens (tertiary/aromatic N) is 1. The second kappa shape index (κ2) is 6.96. The maximum atomic E-state index is 11.7. The van der Waals surface area contributed by atoms with E-state index in [0.29, 0.717) is 10.6 Å². The van der Waals surface area contributed by atoms with E-state index in [1.165, 1.54) is 18.5 Å². The van der Waals surface area contributed by atoms with Gasteiger partial charge in [0, 0.05) is 31.4 Å². The molecule has 0 aliphatic carbocycles. The number of hydrogen-bond donors (Lipinski definition) is 2. The van der Waals surface area contributed by atoms with Gasteiger partial charge in [0.25, 0.3) is 5.91 Å². The van der Waals surface area contributed by atoms with Gasteiger partial charge in [-0.3, -0.25) is 14.6 Å². The lowest BCUT2D eigenvalue weighted by Crippen LogP contribution is -2.34. The van der Waals surface area contributed by atoms with Gasteiger partial charge in [0.1, 0.15) is 0 Å². The zero-order valence-electron chi connectivity index (χ0n) is 10.4. The minimum atomic E-state index is -0.306. The molecule has 1 rings (SSSR count). The standard InChI is InChI=1S/C12H16ClN3O2/c1-8(2)16-11(17)4-6-15-12(18)9-3-5-14-7-10(9)13/h3,5,7-8H,4,6H2,1-2H3,(H,15,18)(H,16,17). The maximum absolute atomic E-state index is 11.7. The van der Waals surface area contributed by atoms with Crippen molar-refractivity contribution in [3.05, 3.63) is 29.0 Å². The molecule has 0 unspecified atom stereocenters. The Bertz CT molecular complexity index is 435. The average molecular weight is 270 g/mol. The molecule has 0 atom stereocenters. The number of pyridine rings is 1. The first kappa shape index (κ1) is 14.4. The molecule has 2 N–H and O–H groups in total. The SMILES string of the molecule is CC(C)NC(=O)CCNC(=O)c1ccncc1Cl. The molecule has 0 saturated heterocycles. The summed E-state index contributed by atoms with van der Waals surface area (Å²) in [5.74, 6) is -0.397. The summed E-state index contributed by atoms with van der Waals surface area (Å²) in [5.41, 5.74) is 0.357. The number of nitrogens with one attached hydrogen (secondary N) is 2. The second-order valence-electron chi connectivity index (χ2n) is 4.08. The normalized spacial score (nSPS) is 10.2. The Kier molecular flexibility index (Phi) is 5.58. The number of carbonyl (C=O) groups is 2. The van der Waals surface area contributed by atoms with Crippen molar-refractivity contribution in [2.45, 2.75) is 26.3 Å². The molecule has 0 saturated carbocycles. The molecule has 0 aliphatic heterocycles. The summed E-state index contributed by atoms with van der Waals surface area (Å²) in [6, 6.07) is 1.63. The van der Waals surface area contributed by atoms with Crippen LogP contribution in [-0.4, -0.2) is 29.4 Å². The van der Waals surface area contributed by atoms with E-state index in [1.54, 1.807) is 0 Å². The lowest BCUT2D eigenvalue weighted by Gasteiger charge is -2.09. The maximum Gasteiger partial charge on any atom is 0.252 e. The highest BCUT2D eigenvalue weighted by molar-refractivity contribution is 6.33. The Balaban J connectivity index is 2.39. The minimum absolute atomic E-state index is 0.0916. The average Bonchev–Trinajstić information content (AvgIpc) is 2.28. The lowest BCUT2D eigenvalue weighted by molar-refractivity contribution is -0.121. The fraction of sp³-hybridized carbons (Fsp3) is 0.417. The second-order valence-corrected chi connectivity index (χ2v) is 4.49. The third-order valence-corrected chi connectivity index (χ3v) is 2.41. The van der Waals surface area contributed by atoms with E-state index in [0.717, 1.165) is 0 Å². The van der Waals surface area contributed by atoms with Gasteiger partial charge in [-0.2, -0.15) is 0 Å². The molecule has 0 aliphatic rings. The topological polar surface area (TPSA) is 71.1 Å². The molecule has 98 valence electrons. The number of rotatable bonds is 5. The molecular weight excluding hydrogens is 254 g/mol. The molecule has 1 aromatic heterocycles. The summed E-state index contributed by atoms with van der Waals surface area (Å²) in [6.45, 7) is 4.04. The van der Waals surface area contributed by atoms with Crippen molar-refractivity contribution < 1.29 is 9.59 Å². The van der Waals surface area contributed by atoms with Gasteiger partial charge < -0.3 is 10.6 Å². The minimum Gasteiger partial charge on any atom is -0.354 e. The quantitative estimate of drug-likeness (QED) is 0.848. The van der Waals surface area contributed by atoms with Crippen molar-refractivity contribution in [2.24, 2.45) is 0 Å². The summed E-state index contributed by atoms with van der Waals surface area (Å²) in [5, 5.41) is 5.67. The fourth-order valence-corrected chi connectivity index (χ4v) is 1.54. The first-order valence-corrected chi connectivity index (χ1v) is 6.05. The number of amides is 2. The van der Waals surface area contributed by atoms with Crippen LogP contribution >= 0.6 is 11.6 Å². The summed E-state index contributed by atoms with van der Waals surface area (Å²) in [6.07, 6.45) is 3.14. The number of carbonyl (C=O) groups excluding carboxylic acids is 2. The predicted octanol–water partition coefficient (Wildman–Crippen LogP) is 1.38. The molecule has 0 fully saturated rings. The van der Waals surface area contributed by atoms with Crippen molar-refractivity contribution >= 4 is 23.4 Å². The van der Waals surface area contributed by atoms with Gasteiger partial charge in [-0.05, 0) is 19.9 Å². The van der Waals surface area contributed by atoms with Gasteiger partial charge in [0.2, 0.25) is 5.91 Å². The van der Waals surface area contributed by atoms with E-state index in [1.807, 2.05) is 13.8 Å². The molecular formula is C12H16ClN3O2. The van der Waals surface area contributed by atoms with Crippen LogP contribution in [0.5, 0.6) is 0 Å². The first-order chi connectivity index (χ1) is 8.50. The van der Waals surface area contributed by atoms with Crippen LogP contribution < -0.4 is 10.6 Å². The Morgan fingerprint density at radius 2 is 2.17 bits per heavy atom. The van der Waals surface area contributed by atoms with Gasteiger partial charge in [0.15, 0.2) is 0 Å². The molecule has 6 heteroatoms. The monoisotopic (exact) mass is 269 g/mol. The molecule has 0 aromatic carbocycles. The van der Waals surface area contributed by atoms with E-state index in [-0.39, 0.29) is 30.8 Å². The summed E-state index contributed by atoms with van der Waals surface area (Å²) in [7, 11) is 0. The van der Waals surface area contributed by atoms with E-state index < -0.39 is 0 Å². The van der Waals surface area contributed by atoms with Crippen molar-refractivity contribution in [3.63, 3.8) is 0 Å². The Hall–Kier alpha value is -1.62. The van der Waals surface area contributed by atoms with Crippen molar-refractivity contribution in [1.82, 2.24) is 15.6 Å². The molecule has 18 heavy (non-hydrogen) atoms. The molecule has 0 bridgehead atoms. The van der Waals surface area contributed by atoms with Crippen molar-refractivity contribution in [3.8, 4) is 0 Å². The smallest absolute Gasteiger partial charge is 0.252 e. The molecule has 1 aromatic rings. The van der Waals surface area contributed by atoms with Crippen LogP contribution in [-0.2, 0) is 4.79 Å². The lowest BCUT2D eigenvalue weighted by atomic mass is 10.2.